The van der Waals surface area contributed by atoms with E-state index in [1.165, 1.54) is 37.5 Å². The second kappa shape index (κ2) is 8.59. The van der Waals surface area contributed by atoms with Gasteiger partial charge in [-0.3, -0.25) is 4.31 Å². The van der Waals surface area contributed by atoms with E-state index in [0.29, 0.717) is 16.5 Å². The molecule has 0 fully saturated rings. The van der Waals surface area contributed by atoms with Gasteiger partial charge in [-0.15, -0.1) is 6.58 Å². The standard InChI is InChI=1S/C18H16F5NO3S/c1-3-4-5-10-24(11-6-8-12(27-2)9-7-11)28(25,26)18-16(22)14(20)13(19)15(21)17(18)23/h3,6-9H,1,4-5,10H2,2H3. The molecule has 0 saturated heterocycles. The Morgan fingerprint density at radius 1 is 0.964 bits per heavy atom. The molecular weight excluding hydrogens is 405 g/mol. The Hall–Kier alpha value is -2.62. The summed E-state index contributed by atoms with van der Waals surface area (Å²) in [4.78, 5) is -1.90. The monoisotopic (exact) mass is 421 g/mol. The molecule has 2 rings (SSSR count). The van der Waals surface area contributed by atoms with E-state index in [1.807, 2.05) is 0 Å². The minimum atomic E-state index is -5.12. The molecule has 0 N–H and O–H groups in total. The lowest BCUT2D eigenvalue weighted by atomic mass is 10.2. The van der Waals surface area contributed by atoms with Crippen LogP contribution in [0.4, 0.5) is 27.6 Å². The zero-order valence-electron chi connectivity index (χ0n) is 14.7. The summed E-state index contributed by atoms with van der Waals surface area (Å²) in [5, 5.41) is 0. The van der Waals surface area contributed by atoms with Gasteiger partial charge in [-0.25, -0.2) is 30.4 Å². The Labute approximate surface area is 158 Å². The Morgan fingerprint density at radius 3 is 1.93 bits per heavy atom. The average Bonchev–Trinajstić information content (AvgIpc) is 2.68. The zero-order valence-corrected chi connectivity index (χ0v) is 15.5. The molecule has 0 atom stereocenters. The number of benzene rings is 2. The molecule has 4 nitrogen and oxygen atoms in total. The van der Waals surface area contributed by atoms with E-state index in [-0.39, 0.29) is 18.7 Å². The van der Waals surface area contributed by atoms with Crippen LogP contribution in [0.1, 0.15) is 12.8 Å². The highest BCUT2D eigenvalue weighted by Gasteiger charge is 2.37. The number of ether oxygens (including phenoxy) is 1. The first kappa shape index (κ1) is 21.7. The molecule has 152 valence electrons. The molecule has 0 saturated carbocycles. The molecule has 0 aliphatic rings. The quantitative estimate of drug-likeness (QED) is 0.207. The van der Waals surface area contributed by atoms with Gasteiger partial charge in [0.2, 0.25) is 5.82 Å². The Balaban J connectivity index is 2.65. The van der Waals surface area contributed by atoms with Gasteiger partial charge >= 0.3 is 0 Å². The predicted molar refractivity (Wildman–Crippen MR) is 93.2 cm³/mol. The Bertz CT molecular complexity index is 949. The molecule has 2 aromatic rings. The van der Waals surface area contributed by atoms with Gasteiger partial charge in [0.15, 0.2) is 28.2 Å². The third kappa shape index (κ3) is 3.96. The highest BCUT2D eigenvalue weighted by Crippen LogP contribution is 2.32. The van der Waals surface area contributed by atoms with Crippen LogP contribution < -0.4 is 9.04 Å². The Morgan fingerprint density at radius 2 is 1.46 bits per heavy atom. The molecule has 2 aromatic carbocycles. The average molecular weight is 421 g/mol. The molecule has 0 radical (unpaired) electrons. The number of halogens is 5. The van der Waals surface area contributed by atoms with Crippen molar-refractivity contribution < 1.29 is 35.1 Å². The molecule has 0 heterocycles. The van der Waals surface area contributed by atoms with Gasteiger partial charge in [0.25, 0.3) is 10.0 Å². The summed E-state index contributed by atoms with van der Waals surface area (Å²) in [6.07, 6.45) is 2.06. The second-order valence-corrected chi connectivity index (χ2v) is 7.40. The van der Waals surface area contributed by atoms with E-state index in [4.69, 9.17) is 4.74 Å². The SMILES string of the molecule is C=CCCCN(c1ccc(OC)cc1)S(=O)(=O)c1c(F)c(F)c(F)c(F)c1F. The number of rotatable bonds is 8. The molecule has 0 aliphatic heterocycles. The van der Waals surface area contributed by atoms with Crippen LogP contribution >= 0.6 is 0 Å². The number of allylic oxidation sites excluding steroid dienone is 1. The maximum Gasteiger partial charge on any atom is 0.270 e. The lowest BCUT2D eigenvalue weighted by molar-refractivity contribution is 0.357. The van der Waals surface area contributed by atoms with E-state index < -0.39 is 44.0 Å². The first-order valence-electron chi connectivity index (χ1n) is 7.96. The summed E-state index contributed by atoms with van der Waals surface area (Å²) in [6, 6.07) is 5.36. The van der Waals surface area contributed by atoms with Crippen molar-refractivity contribution in [2.24, 2.45) is 0 Å². The van der Waals surface area contributed by atoms with Gasteiger partial charge in [0, 0.05) is 6.54 Å². The van der Waals surface area contributed by atoms with Crippen molar-refractivity contribution in [3.63, 3.8) is 0 Å². The van der Waals surface area contributed by atoms with Gasteiger partial charge in [-0.1, -0.05) is 6.08 Å². The summed E-state index contributed by atoms with van der Waals surface area (Å²) >= 11 is 0. The van der Waals surface area contributed by atoms with Crippen molar-refractivity contribution in [3.8, 4) is 5.75 Å². The van der Waals surface area contributed by atoms with Crippen molar-refractivity contribution >= 4 is 15.7 Å². The maximum absolute atomic E-state index is 14.1. The van der Waals surface area contributed by atoms with Gasteiger partial charge in [-0.05, 0) is 37.1 Å². The van der Waals surface area contributed by atoms with Crippen molar-refractivity contribution in [2.45, 2.75) is 17.7 Å². The normalized spacial score (nSPS) is 11.4. The summed E-state index contributed by atoms with van der Waals surface area (Å²) in [5.74, 6) is -11.6. The van der Waals surface area contributed by atoms with E-state index in [0.717, 1.165) is 0 Å². The maximum atomic E-state index is 14.1. The zero-order chi connectivity index (χ0) is 21.1. The van der Waals surface area contributed by atoms with Crippen LogP contribution in [-0.4, -0.2) is 22.1 Å². The molecule has 0 aliphatic carbocycles. The minimum Gasteiger partial charge on any atom is -0.497 e. The topological polar surface area (TPSA) is 46.6 Å². The lowest BCUT2D eigenvalue weighted by Gasteiger charge is -2.25. The number of hydrogen-bond acceptors (Lipinski definition) is 3. The Kier molecular flexibility index (Phi) is 6.65. The molecule has 0 spiro atoms. The molecular formula is C18H16F5NO3S. The highest BCUT2D eigenvalue weighted by atomic mass is 32.2. The number of anilines is 1. The van der Waals surface area contributed by atoms with E-state index in [2.05, 4.69) is 6.58 Å². The van der Waals surface area contributed by atoms with Crippen LogP contribution in [0.5, 0.6) is 5.75 Å². The van der Waals surface area contributed by atoms with Gasteiger partial charge in [0.05, 0.1) is 12.8 Å². The summed E-state index contributed by atoms with van der Waals surface area (Å²) < 4.78 is 99.9. The van der Waals surface area contributed by atoms with E-state index in [1.54, 1.807) is 0 Å². The lowest BCUT2D eigenvalue weighted by Crippen LogP contribution is -2.34. The van der Waals surface area contributed by atoms with Crippen LogP contribution in [0.25, 0.3) is 0 Å². The number of unbranched alkanes of at least 4 members (excludes halogenated alkanes) is 1. The van der Waals surface area contributed by atoms with Crippen molar-refractivity contribution in [1.82, 2.24) is 0 Å². The summed E-state index contributed by atoms with van der Waals surface area (Å²) in [7, 11) is -3.74. The van der Waals surface area contributed by atoms with E-state index >= 15 is 0 Å². The fourth-order valence-corrected chi connectivity index (χ4v) is 4.06. The molecule has 28 heavy (non-hydrogen) atoms. The van der Waals surface area contributed by atoms with Gasteiger partial charge < -0.3 is 4.74 Å². The number of hydrogen-bond donors (Lipinski definition) is 0. The molecule has 0 amide bonds. The largest absolute Gasteiger partial charge is 0.497 e. The van der Waals surface area contributed by atoms with Crippen LogP contribution in [0.15, 0.2) is 41.8 Å². The van der Waals surface area contributed by atoms with Crippen LogP contribution in [-0.2, 0) is 10.0 Å². The van der Waals surface area contributed by atoms with Crippen molar-refractivity contribution in [1.29, 1.82) is 0 Å². The summed E-state index contributed by atoms with van der Waals surface area (Å²) in [5.41, 5.74) is -0.0335. The van der Waals surface area contributed by atoms with Gasteiger partial charge in [-0.2, -0.15) is 0 Å². The molecule has 10 heteroatoms. The highest BCUT2D eigenvalue weighted by molar-refractivity contribution is 7.92. The van der Waals surface area contributed by atoms with Gasteiger partial charge in [0.1, 0.15) is 5.75 Å². The molecule has 0 aromatic heterocycles. The smallest absolute Gasteiger partial charge is 0.270 e. The summed E-state index contributed by atoms with van der Waals surface area (Å²) in [6.45, 7) is 3.21. The third-order valence-corrected chi connectivity index (χ3v) is 5.70. The van der Waals surface area contributed by atoms with Crippen LogP contribution in [0, 0.1) is 29.1 Å². The first-order valence-corrected chi connectivity index (χ1v) is 9.40. The fourth-order valence-electron chi connectivity index (χ4n) is 2.44. The number of methoxy groups -OCH3 is 1. The number of sulfonamides is 1. The fraction of sp³-hybridized carbons (Fsp3) is 0.222. The van der Waals surface area contributed by atoms with Crippen LogP contribution in [0.2, 0.25) is 0 Å². The predicted octanol–water partition coefficient (Wildman–Crippen LogP) is 4.55. The number of nitrogens with zero attached hydrogens (tertiary/aromatic N) is 1. The molecule has 0 bridgehead atoms. The van der Waals surface area contributed by atoms with Crippen molar-refractivity contribution in [2.75, 3.05) is 18.0 Å². The van der Waals surface area contributed by atoms with E-state index in [9.17, 15) is 30.4 Å². The van der Waals surface area contributed by atoms with Crippen LogP contribution in [0.3, 0.4) is 0 Å². The molecule has 0 unspecified atom stereocenters. The second-order valence-electron chi connectivity index (χ2n) is 5.61. The third-order valence-electron chi connectivity index (χ3n) is 3.85. The van der Waals surface area contributed by atoms with Crippen molar-refractivity contribution in [3.05, 3.63) is 66.0 Å². The first-order chi connectivity index (χ1) is 13.2. The minimum absolute atomic E-state index is 0.0335.